The number of hydrogen-bond donors (Lipinski definition) is 5. The molecule has 0 amide bonds. The summed E-state index contributed by atoms with van der Waals surface area (Å²) >= 11 is 0. The Morgan fingerprint density at radius 3 is 2.39 bits per heavy atom. The molecule has 0 aromatic carbocycles. The largest absolute Gasteiger partial charge is 0.498 e. The van der Waals surface area contributed by atoms with Crippen molar-refractivity contribution in [2.24, 2.45) is 51.8 Å². The molecule has 4 saturated carbocycles. The summed E-state index contributed by atoms with van der Waals surface area (Å²) in [6, 6.07) is 0. The third-order valence-corrected chi connectivity index (χ3v) is 13.5. The van der Waals surface area contributed by atoms with E-state index in [1.165, 1.54) is 21.1 Å². The number of esters is 2. The lowest BCUT2D eigenvalue weighted by molar-refractivity contribution is -0.214. The molecule has 15 atom stereocenters. The summed E-state index contributed by atoms with van der Waals surface area (Å²) in [7, 11) is 2.52. The molecule has 0 spiro atoms. The molecule has 0 aliphatic heterocycles. The van der Waals surface area contributed by atoms with Crippen molar-refractivity contribution in [1.82, 2.24) is 0 Å². The van der Waals surface area contributed by atoms with E-state index in [4.69, 9.17) is 18.9 Å². The maximum Gasteiger partial charge on any atom is 0.318 e. The predicted molar refractivity (Wildman–Crippen MR) is 169 cm³/mol. The first-order valence-corrected chi connectivity index (χ1v) is 17.3. The Hall–Kier alpha value is -2.68. The minimum atomic E-state index is -2.27. The fraction of sp³-hybridized carbons (Fsp3) is 0.778. The van der Waals surface area contributed by atoms with Gasteiger partial charge in [0.2, 0.25) is 5.78 Å². The number of fused-ring (bicyclic) bond motifs is 2. The van der Waals surface area contributed by atoms with E-state index in [1.807, 2.05) is 19.9 Å². The molecule has 4 bridgehead atoms. The first kappa shape index (κ1) is 36.1. The summed E-state index contributed by atoms with van der Waals surface area (Å²) in [6.45, 7) is 6.76. The number of carbonyl (C=O) groups is 4. The molecular formula is C36H50O13. The lowest BCUT2D eigenvalue weighted by atomic mass is 9.43. The number of aliphatic hydroxyl groups is 5. The molecule has 13 nitrogen and oxygen atoms in total. The van der Waals surface area contributed by atoms with E-state index in [-0.39, 0.29) is 48.9 Å². The topological polar surface area (TPSA) is 206 Å². The van der Waals surface area contributed by atoms with Crippen molar-refractivity contribution < 1.29 is 63.7 Å². The van der Waals surface area contributed by atoms with Crippen molar-refractivity contribution in [3.8, 4) is 0 Å². The van der Waals surface area contributed by atoms with Crippen LogP contribution in [0.2, 0.25) is 0 Å². The molecule has 13 heteroatoms. The van der Waals surface area contributed by atoms with Crippen molar-refractivity contribution in [3.05, 3.63) is 23.5 Å². The van der Waals surface area contributed by atoms with E-state index >= 15 is 4.79 Å². The molecule has 0 radical (unpaired) electrons. The molecule has 4 fully saturated rings. The number of methoxy groups -OCH3 is 2. The Labute approximate surface area is 285 Å². The number of ether oxygens (including phenoxy) is 4. The number of hydrogen-bond acceptors (Lipinski definition) is 13. The zero-order valence-electron chi connectivity index (χ0n) is 28.9. The van der Waals surface area contributed by atoms with Crippen molar-refractivity contribution in [1.29, 1.82) is 0 Å². The molecule has 6 aliphatic carbocycles. The van der Waals surface area contributed by atoms with E-state index in [0.29, 0.717) is 18.4 Å². The maximum atomic E-state index is 15.2. The summed E-state index contributed by atoms with van der Waals surface area (Å²) in [5.41, 5.74) is -5.79. The molecule has 0 aromatic rings. The number of allylic oxidation sites excluding steroid dienone is 1. The SMILES string of the molecule is COC1=CC(=O)[C@H](OC(=O)[C@@]23C(C(C)C)=C[C@H]4C[C@]2(C=O)[C@@H]2CC[C@@H](C)[C@H]2C[C@]43COC(=O)[C@@H]2C[C@@H](O)[C@H](OC)[C@H](O)[C@H]2O)[C@@](C)(O)[C@H]1O. The maximum absolute atomic E-state index is 15.2. The van der Waals surface area contributed by atoms with Crippen LogP contribution in [-0.2, 0) is 38.1 Å². The third-order valence-electron chi connectivity index (χ3n) is 13.5. The summed E-state index contributed by atoms with van der Waals surface area (Å²) in [5, 5.41) is 54.3. The smallest absolute Gasteiger partial charge is 0.318 e. The standard InChI is InChI=1S/C36H50O13/c1-16(2)22-9-18-12-34(14-37)21-8-7-17(3)20(21)13-35(18,15-48-31(43)19-10-23(38)28(47-6)27(41)26(19)40)36(22,34)32(44)49-30-24(39)11-25(46-5)29(42)33(30,4)45/h9,11,14,16-21,23,26-30,38,40-42,45H,7-8,10,12-13,15H2,1-6H3/t17-,18+,19-,20-,21-,23-,26+,27-,28+,29+,30+,33+,34+,35+,36+/m1/s1. The molecule has 6 rings (SSSR count). The second-order valence-electron chi connectivity index (χ2n) is 15.9. The minimum absolute atomic E-state index is 0.00884. The van der Waals surface area contributed by atoms with Crippen LogP contribution in [0.15, 0.2) is 23.5 Å². The van der Waals surface area contributed by atoms with Gasteiger partial charge in [-0.2, -0.15) is 0 Å². The van der Waals surface area contributed by atoms with Gasteiger partial charge in [0.15, 0.2) is 6.10 Å². The van der Waals surface area contributed by atoms with Gasteiger partial charge in [-0.05, 0) is 62.2 Å². The van der Waals surface area contributed by atoms with Crippen LogP contribution in [0, 0.1) is 51.8 Å². The van der Waals surface area contributed by atoms with Crippen molar-refractivity contribution >= 4 is 24.0 Å². The monoisotopic (exact) mass is 690 g/mol. The van der Waals surface area contributed by atoms with E-state index in [1.54, 1.807) is 0 Å². The highest BCUT2D eigenvalue weighted by atomic mass is 16.6. The second-order valence-corrected chi connectivity index (χ2v) is 15.9. The molecule has 0 aromatic heterocycles. The normalized spacial score (nSPS) is 48.5. The second kappa shape index (κ2) is 12.2. The number of carbonyl (C=O) groups excluding carboxylic acids is 4. The molecular weight excluding hydrogens is 640 g/mol. The summed E-state index contributed by atoms with van der Waals surface area (Å²) in [5.74, 6) is -4.70. The van der Waals surface area contributed by atoms with Crippen LogP contribution in [-0.4, -0.2) is 113 Å². The summed E-state index contributed by atoms with van der Waals surface area (Å²) in [4.78, 5) is 56.1. The zero-order chi connectivity index (χ0) is 36.0. The van der Waals surface area contributed by atoms with Crippen LogP contribution in [0.4, 0.5) is 0 Å². The molecule has 272 valence electrons. The van der Waals surface area contributed by atoms with Gasteiger partial charge in [-0.3, -0.25) is 14.4 Å². The van der Waals surface area contributed by atoms with E-state index in [0.717, 1.165) is 18.8 Å². The fourth-order valence-electron chi connectivity index (χ4n) is 11.2. The van der Waals surface area contributed by atoms with E-state index in [9.17, 15) is 39.9 Å². The quantitative estimate of drug-likeness (QED) is 0.128. The number of aldehydes is 1. The van der Waals surface area contributed by atoms with Crippen LogP contribution in [0.1, 0.15) is 59.8 Å². The van der Waals surface area contributed by atoms with Crippen LogP contribution in [0.5, 0.6) is 0 Å². The van der Waals surface area contributed by atoms with Gasteiger partial charge in [0.05, 0.1) is 37.3 Å². The van der Waals surface area contributed by atoms with Crippen molar-refractivity contribution in [3.63, 3.8) is 0 Å². The van der Waals surface area contributed by atoms with Crippen molar-refractivity contribution in [2.75, 3.05) is 20.8 Å². The average Bonchev–Trinajstić information content (AvgIpc) is 3.63. The van der Waals surface area contributed by atoms with Gasteiger partial charge < -0.3 is 49.3 Å². The van der Waals surface area contributed by atoms with E-state index in [2.05, 4.69) is 6.92 Å². The Kier molecular flexibility index (Phi) is 9.02. The molecule has 0 unspecified atom stereocenters. The Morgan fingerprint density at radius 1 is 1.08 bits per heavy atom. The lowest BCUT2D eigenvalue weighted by Gasteiger charge is -2.59. The number of rotatable bonds is 9. The Morgan fingerprint density at radius 2 is 1.78 bits per heavy atom. The number of aliphatic hydroxyl groups excluding tert-OH is 4. The Balaban J connectivity index is 1.44. The van der Waals surface area contributed by atoms with Crippen LogP contribution >= 0.6 is 0 Å². The fourth-order valence-corrected chi connectivity index (χ4v) is 11.2. The van der Waals surface area contributed by atoms with Gasteiger partial charge >= 0.3 is 11.9 Å². The van der Waals surface area contributed by atoms with Gasteiger partial charge in [0.25, 0.3) is 0 Å². The molecule has 5 N–H and O–H groups in total. The summed E-state index contributed by atoms with van der Waals surface area (Å²) in [6.07, 6.45) is -3.18. The first-order chi connectivity index (χ1) is 23.0. The van der Waals surface area contributed by atoms with Gasteiger partial charge in [-0.1, -0.05) is 38.8 Å². The van der Waals surface area contributed by atoms with Gasteiger partial charge in [0, 0.05) is 18.6 Å². The van der Waals surface area contributed by atoms with Crippen LogP contribution in [0.3, 0.4) is 0 Å². The summed E-state index contributed by atoms with van der Waals surface area (Å²) < 4.78 is 22.3. The highest BCUT2D eigenvalue weighted by Crippen LogP contribution is 2.83. The van der Waals surface area contributed by atoms with Crippen LogP contribution < -0.4 is 0 Å². The Bertz CT molecular complexity index is 1450. The first-order valence-electron chi connectivity index (χ1n) is 17.3. The minimum Gasteiger partial charge on any atom is -0.498 e. The van der Waals surface area contributed by atoms with Gasteiger partial charge in [0.1, 0.15) is 41.4 Å². The highest BCUT2D eigenvalue weighted by Gasteiger charge is 2.85. The molecule has 6 aliphatic rings. The average molecular weight is 691 g/mol. The lowest BCUT2D eigenvalue weighted by Crippen LogP contribution is -2.66. The van der Waals surface area contributed by atoms with Crippen LogP contribution in [0.25, 0.3) is 0 Å². The molecule has 0 heterocycles. The number of ketones is 1. The van der Waals surface area contributed by atoms with Gasteiger partial charge in [-0.15, -0.1) is 0 Å². The van der Waals surface area contributed by atoms with Gasteiger partial charge in [-0.25, -0.2) is 0 Å². The molecule has 0 saturated heterocycles. The van der Waals surface area contributed by atoms with E-state index < -0.39 is 88.0 Å². The third kappa shape index (κ3) is 4.64. The zero-order valence-corrected chi connectivity index (χ0v) is 28.9. The predicted octanol–water partition coefficient (Wildman–Crippen LogP) is 0.624. The molecule has 49 heavy (non-hydrogen) atoms. The highest BCUT2D eigenvalue weighted by molar-refractivity contribution is 5.99. The van der Waals surface area contributed by atoms with Crippen molar-refractivity contribution in [2.45, 2.75) is 102 Å².